The van der Waals surface area contributed by atoms with Crippen molar-refractivity contribution >= 4 is 59.1 Å². The number of fused-ring (bicyclic) bond motifs is 2. The predicted octanol–water partition coefficient (Wildman–Crippen LogP) is 6.08. The quantitative estimate of drug-likeness (QED) is 0.105. The van der Waals surface area contributed by atoms with Crippen LogP contribution in [0, 0.1) is 0 Å². The van der Waals surface area contributed by atoms with Gasteiger partial charge in [0.1, 0.15) is 0 Å². The van der Waals surface area contributed by atoms with Crippen molar-refractivity contribution in [2.45, 2.75) is 140 Å². The van der Waals surface area contributed by atoms with Crippen LogP contribution in [0.4, 0.5) is 11.9 Å². The lowest BCUT2D eigenvalue weighted by atomic mass is 9.79. The number of unbranched alkanes of at least 4 members (excludes halogenated alkanes) is 1. The number of carbonyl (C=O) groups excluding carboxylic acids is 6. The highest BCUT2D eigenvalue weighted by Crippen LogP contribution is 2.38. The van der Waals surface area contributed by atoms with Gasteiger partial charge in [0.05, 0.1) is 22.3 Å². The van der Waals surface area contributed by atoms with Gasteiger partial charge in [-0.3, -0.25) is 49.2 Å². The second-order valence-electron chi connectivity index (χ2n) is 18.8. The summed E-state index contributed by atoms with van der Waals surface area (Å²) in [4.78, 5) is 97.8. The van der Waals surface area contributed by atoms with Crippen molar-refractivity contribution in [2.75, 3.05) is 16.4 Å². The minimum atomic E-state index is -0.629. The van der Waals surface area contributed by atoms with Crippen LogP contribution in [0.5, 0.6) is 0 Å². The van der Waals surface area contributed by atoms with Crippen molar-refractivity contribution in [3.05, 3.63) is 69.8 Å². The number of rotatable bonds is 10. The molecule has 0 saturated carbocycles. The Morgan fingerprint density at radius 3 is 1.37 bits per heavy atom. The number of piperidine rings is 2. The average Bonchev–Trinajstić information content (AvgIpc) is 3.52. The Balaban J connectivity index is 1.09. The van der Waals surface area contributed by atoms with E-state index in [0.717, 1.165) is 12.8 Å². The van der Waals surface area contributed by atoms with Crippen molar-refractivity contribution < 1.29 is 28.8 Å². The molecule has 0 aliphatic carbocycles. The van der Waals surface area contributed by atoms with Crippen LogP contribution in [-0.4, -0.2) is 100 Å². The molecule has 0 radical (unpaired) electrons. The number of imide groups is 2. The largest absolute Gasteiger partial charge is 0.307 e. The molecule has 7 rings (SSSR count). The lowest BCUT2D eigenvalue weighted by Gasteiger charge is -2.48. The van der Waals surface area contributed by atoms with Gasteiger partial charge in [0, 0.05) is 51.1 Å². The lowest BCUT2D eigenvalue weighted by molar-refractivity contribution is 0.0393. The SMILES string of the molecule is CCCCSc1nc(NC(=O)c2ccc3c(c2)C(=O)N(C2CC(C)(C)NC(C)(C)C2)C3=O)nc(NC(=O)c2ccc3c(c2)C(=O)N(C2CC(C)(C)NC(C)(C)C2)C3=O)n1. The molecule has 2 aromatic carbocycles. The summed E-state index contributed by atoms with van der Waals surface area (Å²) in [5, 5.41) is 12.8. The summed E-state index contributed by atoms with van der Waals surface area (Å²) < 4.78 is 0. The normalized spacial score (nSPS) is 20.8. The van der Waals surface area contributed by atoms with Gasteiger partial charge in [-0.1, -0.05) is 25.1 Å². The first-order valence-corrected chi connectivity index (χ1v) is 21.2. The second kappa shape index (κ2) is 15.2. The summed E-state index contributed by atoms with van der Waals surface area (Å²) in [6, 6.07) is 8.14. The molecule has 0 atom stereocenters. The molecule has 0 unspecified atom stereocenters. The molecular weight excluding hydrogens is 771 g/mol. The summed E-state index contributed by atoms with van der Waals surface area (Å²) in [5.74, 6) is -2.51. The number of nitrogens with zero attached hydrogens (tertiary/aromatic N) is 5. The third kappa shape index (κ3) is 8.66. The fraction of sp³-hybridized carbons (Fsp3) is 0.512. The Bertz CT molecular complexity index is 2110. The van der Waals surface area contributed by atoms with E-state index in [1.54, 1.807) is 0 Å². The van der Waals surface area contributed by atoms with E-state index in [9.17, 15) is 28.8 Å². The van der Waals surface area contributed by atoms with Crippen molar-refractivity contribution in [1.82, 2.24) is 35.4 Å². The smallest absolute Gasteiger partial charge is 0.261 e. The van der Waals surface area contributed by atoms with Gasteiger partial charge in [-0.2, -0.15) is 15.0 Å². The maximum Gasteiger partial charge on any atom is 0.261 e. The molecule has 312 valence electrons. The van der Waals surface area contributed by atoms with E-state index < -0.39 is 23.6 Å². The molecule has 4 N–H and O–H groups in total. The van der Waals surface area contributed by atoms with E-state index in [-0.39, 0.29) is 96.5 Å². The molecule has 6 amide bonds. The van der Waals surface area contributed by atoms with Gasteiger partial charge >= 0.3 is 0 Å². The molecule has 4 aliphatic heterocycles. The number of nitrogens with one attached hydrogen (secondary N) is 4. The zero-order valence-corrected chi connectivity index (χ0v) is 36.0. The Hall–Kier alpha value is -5.06. The maximum atomic E-state index is 13.8. The van der Waals surface area contributed by atoms with Crippen molar-refractivity contribution in [1.29, 1.82) is 0 Å². The third-order valence-corrected chi connectivity index (χ3v) is 12.2. The number of amides is 6. The highest BCUT2D eigenvalue weighted by atomic mass is 32.2. The van der Waals surface area contributed by atoms with Gasteiger partial charge in [0.15, 0.2) is 5.16 Å². The first-order valence-electron chi connectivity index (χ1n) is 20.2. The maximum absolute atomic E-state index is 13.8. The number of hydrogen-bond donors (Lipinski definition) is 4. The molecule has 0 spiro atoms. The predicted molar refractivity (Wildman–Crippen MR) is 224 cm³/mol. The molecule has 1 aromatic heterocycles. The van der Waals surface area contributed by atoms with Crippen LogP contribution < -0.4 is 21.3 Å². The molecule has 2 fully saturated rings. The van der Waals surface area contributed by atoms with E-state index in [2.05, 4.69) is 98.5 Å². The molecular formula is C43H53N9O6S. The van der Waals surface area contributed by atoms with Crippen LogP contribution in [0.25, 0.3) is 0 Å². The van der Waals surface area contributed by atoms with Gasteiger partial charge < -0.3 is 10.6 Å². The fourth-order valence-corrected chi connectivity index (χ4v) is 10.5. The minimum absolute atomic E-state index is 0.118. The van der Waals surface area contributed by atoms with Gasteiger partial charge in [-0.25, -0.2) is 0 Å². The van der Waals surface area contributed by atoms with Gasteiger partial charge in [-0.05, 0) is 124 Å². The number of thioether (sulfide) groups is 1. The third-order valence-electron chi connectivity index (χ3n) is 11.2. The first-order chi connectivity index (χ1) is 27.6. The van der Waals surface area contributed by atoms with Crippen LogP contribution in [0.1, 0.15) is 163 Å². The molecule has 15 nitrogen and oxygen atoms in total. The molecule has 2 saturated heterocycles. The lowest BCUT2D eigenvalue weighted by Crippen LogP contribution is -2.62. The Morgan fingerprint density at radius 2 is 1.00 bits per heavy atom. The monoisotopic (exact) mass is 823 g/mol. The van der Waals surface area contributed by atoms with E-state index in [4.69, 9.17) is 0 Å². The molecule has 4 aliphatic rings. The van der Waals surface area contributed by atoms with E-state index in [1.807, 2.05) is 0 Å². The van der Waals surface area contributed by atoms with Crippen LogP contribution in [0.3, 0.4) is 0 Å². The summed E-state index contributed by atoms with van der Waals surface area (Å²) in [6.45, 7) is 18.5. The fourth-order valence-electron chi connectivity index (χ4n) is 9.55. The van der Waals surface area contributed by atoms with Gasteiger partial charge in [0.2, 0.25) is 11.9 Å². The molecule has 3 aromatic rings. The Labute approximate surface area is 348 Å². The molecule has 16 heteroatoms. The number of carbonyl (C=O) groups is 6. The average molecular weight is 824 g/mol. The van der Waals surface area contributed by atoms with E-state index in [1.165, 1.54) is 58.0 Å². The molecule has 59 heavy (non-hydrogen) atoms. The topological polar surface area (TPSA) is 196 Å². The van der Waals surface area contributed by atoms with Crippen molar-refractivity contribution in [2.24, 2.45) is 0 Å². The highest BCUT2D eigenvalue weighted by molar-refractivity contribution is 7.99. The van der Waals surface area contributed by atoms with Crippen LogP contribution in [-0.2, 0) is 0 Å². The standard InChI is InChI=1S/C43H53N9O6S/c1-10-11-16-59-39-47-37(44-31(53)23-12-14-27-29(17-23)35(57)51(33(27)55)25-19-40(2,3)49-41(4,5)20-25)46-38(48-39)45-32(54)24-13-15-28-30(18-24)36(58)52(34(28)56)26-21-42(6,7)50-43(8,9)22-26/h12-15,17-18,25-26,49-50H,10-11,16,19-22H2,1-9H3,(H2,44,45,46,47,48,53,54). The van der Waals surface area contributed by atoms with E-state index in [0.29, 0.717) is 31.4 Å². The summed E-state index contributed by atoms with van der Waals surface area (Å²) in [5.41, 5.74) is -0.173. The van der Waals surface area contributed by atoms with E-state index >= 15 is 0 Å². The second-order valence-corrected chi connectivity index (χ2v) is 19.8. The number of hydrogen-bond acceptors (Lipinski definition) is 12. The zero-order chi connectivity index (χ0) is 42.8. The van der Waals surface area contributed by atoms with Crippen LogP contribution in [0.2, 0.25) is 0 Å². The van der Waals surface area contributed by atoms with Crippen LogP contribution in [0.15, 0.2) is 41.6 Å². The molecule has 5 heterocycles. The highest BCUT2D eigenvalue weighted by Gasteiger charge is 2.48. The Kier molecular flexibility index (Phi) is 10.8. The van der Waals surface area contributed by atoms with Gasteiger partial charge in [-0.15, -0.1) is 0 Å². The van der Waals surface area contributed by atoms with Crippen molar-refractivity contribution in [3.63, 3.8) is 0 Å². The summed E-state index contributed by atoms with van der Waals surface area (Å²) >= 11 is 1.33. The summed E-state index contributed by atoms with van der Waals surface area (Å²) in [6.07, 6.45) is 4.15. The number of aromatic nitrogens is 3. The number of benzene rings is 2. The number of anilines is 2. The first kappa shape index (κ1) is 42.1. The minimum Gasteiger partial charge on any atom is -0.307 e. The van der Waals surface area contributed by atoms with Crippen molar-refractivity contribution in [3.8, 4) is 0 Å². The zero-order valence-electron chi connectivity index (χ0n) is 35.2. The van der Waals surface area contributed by atoms with Gasteiger partial charge in [0.25, 0.3) is 35.4 Å². The van der Waals surface area contributed by atoms with Crippen LogP contribution >= 0.6 is 11.8 Å². The Morgan fingerprint density at radius 1 is 0.627 bits per heavy atom. The summed E-state index contributed by atoms with van der Waals surface area (Å²) in [7, 11) is 0. The molecule has 0 bridgehead atoms.